The molecule has 0 spiro atoms. The lowest BCUT2D eigenvalue weighted by Gasteiger charge is -2.19. The molecular formula is C20H26N6O4S. The zero-order valence-corrected chi connectivity index (χ0v) is 18.6. The third-order valence-corrected chi connectivity index (χ3v) is 4.73. The largest absolute Gasteiger partial charge is 0.460 e. The highest BCUT2D eigenvalue weighted by molar-refractivity contribution is 7.17. The van der Waals surface area contributed by atoms with Gasteiger partial charge < -0.3 is 26.4 Å². The van der Waals surface area contributed by atoms with Crippen molar-refractivity contribution in [3.63, 3.8) is 0 Å². The number of anilines is 2. The summed E-state index contributed by atoms with van der Waals surface area (Å²) in [6.45, 7) is 7.13. The van der Waals surface area contributed by atoms with E-state index >= 15 is 0 Å². The van der Waals surface area contributed by atoms with Crippen molar-refractivity contribution in [2.24, 2.45) is 5.73 Å². The Morgan fingerprint density at radius 1 is 1.19 bits per heavy atom. The van der Waals surface area contributed by atoms with Gasteiger partial charge in [-0.05, 0) is 45.9 Å². The number of carbonyl (C=O) groups excluding carboxylic acids is 3. The maximum absolute atomic E-state index is 12.6. The van der Waals surface area contributed by atoms with Gasteiger partial charge in [0.15, 0.2) is 11.1 Å². The number of hydrogen-bond acceptors (Lipinski definition) is 7. The average molecular weight is 447 g/mol. The third kappa shape index (κ3) is 7.70. The lowest BCUT2D eigenvalue weighted by atomic mass is 10.2. The summed E-state index contributed by atoms with van der Waals surface area (Å²) in [7, 11) is 0. The lowest BCUT2D eigenvalue weighted by Crippen LogP contribution is -2.29. The fourth-order valence-electron chi connectivity index (χ4n) is 2.47. The number of nitrogens with zero attached hydrogens (tertiary/aromatic N) is 1. The van der Waals surface area contributed by atoms with E-state index in [2.05, 4.69) is 20.9 Å². The SMILES string of the molecule is Cc1nc(NC(=N)N)sc1C(=O)Nc1cccc(C(=O)NCCC(=O)OC(C)(C)C)c1. The zero-order valence-electron chi connectivity index (χ0n) is 17.8. The summed E-state index contributed by atoms with van der Waals surface area (Å²) in [6.07, 6.45) is 0.0563. The van der Waals surface area contributed by atoms with E-state index in [9.17, 15) is 14.4 Å². The number of carbonyl (C=O) groups is 3. The van der Waals surface area contributed by atoms with Gasteiger partial charge in [-0.1, -0.05) is 17.4 Å². The summed E-state index contributed by atoms with van der Waals surface area (Å²) in [5.74, 6) is -1.44. The van der Waals surface area contributed by atoms with Gasteiger partial charge in [-0.2, -0.15) is 0 Å². The minimum absolute atomic E-state index is 0.0563. The zero-order chi connectivity index (χ0) is 23.2. The number of rotatable bonds is 7. The first-order valence-electron chi connectivity index (χ1n) is 9.44. The highest BCUT2D eigenvalue weighted by Gasteiger charge is 2.18. The van der Waals surface area contributed by atoms with E-state index in [-0.39, 0.29) is 24.8 Å². The summed E-state index contributed by atoms with van der Waals surface area (Å²) in [5, 5.41) is 15.5. The molecule has 0 unspecified atom stereocenters. The van der Waals surface area contributed by atoms with Crippen LogP contribution in [0.15, 0.2) is 24.3 Å². The molecule has 0 fully saturated rings. The number of benzene rings is 1. The lowest BCUT2D eigenvalue weighted by molar-refractivity contribution is -0.154. The van der Waals surface area contributed by atoms with Gasteiger partial charge in [0.05, 0.1) is 12.1 Å². The van der Waals surface area contributed by atoms with Crippen LogP contribution in [0.3, 0.4) is 0 Å². The Kier molecular flexibility index (Phi) is 7.70. The first-order valence-corrected chi connectivity index (χ1v) is 10.3. The molecule has 0 radical (unpaired) electrons. The van der Waals surface area contributed by atoms with Crippen molar-refractivity contribution in [3.8, 4) is 0 Å². The van der Waals surface area contributed by atoms with Crippen molar-refractivity contribution in [2.75, 3.05) is 17.2 Å². The molecule has 10 nitrogen and oxygen atoms in total. The fourth-order valence-corrected chi connectivity index (χ4v) is 3.35. The van der Waals surface area contributed by atoms with Crippen molar-refractivity contribution in [2.45, 2.75) is 39.7 Å². The molecule has 1 heterocycles. The van der Waals surface area contributed by atoms with Crippen molar-refractivity contribution in [1.82, 2.24) is 10.3 Å². The summed E-state index contributed by atoms with van der Waals surface area (Å²) >= 11 is 1.07. The van der Waals surface area contributed by atoms with Gasteiger partial charge in [0, 0.05) is 17.8 Å². The molecule has 31 heavy (non-hydrogen) atoms. The van der Waals surface area contributed by atoms with E-state index in [4.69, 9.17) is 15.9 Å². The predicted molar refractivity (Wildman–Crippen MR) is 120 cm³/mol. The van der Waals surface area contributed by atoms with Crippen LogP contribution < -0.4 is 21.7 Å². The van der Waals surface area contributed by atoms with Crippen molar-refractivity contribution >= 4 is 45.9 Å². The number of aryl methyl sites for hydroxylation is 1. The maximum atomic E-state index is 12.6. The Bertz CT molecular complexity index is 996. The van der Waals surface area contributed by atoms with Gasteiger partial charge in [0.2, 0.25) is 0 Å². The highest BCUT2D eigenvalue weighted by Crippen LogP contribution is 2.23. The van der Waals surface area contributed by atoms with E-state index in [1.54, 1.807) is 45.9 Å². The molecule has 0 bridgehead atoms. The molecule has 0 aliphatic carbocycles. The van der Waals surface area contributed by atoms with Crippen LogP contribution in [0.1, 0.15) is 52.9 Å². The van der Waals surface area contributed by atoms with Crippen LogP contribution in [0.5, 0.6) is 0 Å². The molecule has 166 valence electrons. The molecule has 0 atom stereocenters. The average Bonchev–Trinajstić information content (AvgIpc) is 2.99. The smallest absolute Gasteiger partial charge is 0.308 e. The van der Waals surface area contributed by atoms with Crippen molar-refractivity contribution in [3.05, 3.63) is 40.4 Å². The van der Waals surface area contributed by atoms with Crippen LogP contribution in [0.2, 0.25) is 0 Å². The standard InChI is InChI=1S/C20H26N6O4S/c1-11-15(31-19(24-11)26-18(21)22)17(29)25-13-7-5-6-12(10-13)16(28)23-9-8-14(27)30-20(2,3)4/h5-7,10H,8-9H2,1-4H3,(H,23,28)(H,25,29)(H4,21,22,24,26). The van der Waals surface area contributed by atoms with E-state index in [0.29, 0.717) is 27.0 Å². The first-order chi connectivity index (χ1) is 14.4. The molecule has 1 aromatic heterocycles. The summed E-state index contributed by atoms with van der Waals surface area (Å²) in [6, 6.07) is 6.43. The summed E-state index contributed by atoms with van der Waals surface area (Å²) in [4.78, 5) is 41.2. The Morgan fingerprint density at radius 2 is 1.90 bits per heavy atom. The van der Waals surface area contributed by atoms with Gasteiger partial charge in [-0.15, -0.1) is 0 Å². The molecule has 0 aliphatic rings. The van der Waals surface area contributed by atoms with Gasteiger partial charge >= 0.3 is 5.97 Å². The summed E-state index contributed by atoms with van der Waals surface area (Å²) in [5.41, 5.74) is 5.96. The number of amides is 2. The fraction of sp³-hybridized carbons (Fsp3) is 0.350. The van der Waals surface area contributed by atoms with Crippen LogP contribution in [-0.4, -0.2) is 40.9 Å². The molecule has 11 heteroatoms. The Balaban J connectivity index is 1.96. The molecule has 2 rings (SSSR count). The number of esters is 1. The first kappa shape index (κ1) is 23.8. The number of hydrogen-bond donors (Lipinski definition) is 5. The molecule has 6 N–H and O–H groups in total. The molecule has 2 amide bonds. The molecule has 0 saturated carbocycles. The molecule has 0 saturated heterocycles. The Morgan fingerprint density at radius 3 is 2.55 bits per heavy atom. The summed E-state index contributed by atoms with van der Waals surface area (Å²) < 4.78 is 5.20. The van der Waals surface area contributed by atoms with Gasteiger partial charge in [0.1, 0.15) is 10.5 Å². The third-order valence-electron chi connectivity index (χ3n) is 3.66. The maximum Gasteiger partial charge on any atom is 0.308 e. The van der Waals surface area contributed by atoms with E-state index in [0.717, 1.165) is 11.3 Å². The number of ether oxygens (including phenoxy) is 1. The van der Waals surface area contributed by atoms with Gasteiger partial charge in [0.25, 0.3) is 11.8 Å². The number of guanidine groups is 1. The van der Waals surface area contributed by atoms with E-state index in [1.807, 2.05) is 0 Å². The molecule has 2 aromatic rings. The van der Waals surface area contributed by atoms with Crippen LogP contribution >= 0.6 is 11.3 Å². The Hall–Kier alpha value is -3.47. The minimum Gasteiger partial charge on any atom is -0.460 e. The number of nitrogens with one attached hydrogen (secondary N) is 4. The predicted octanol–water partition coefficient (Wildman–Crippen LogP) is 2.47. The van der Waals surface area contributed by atoms with Crippen LogP contribution in [0.25, 0.3) is 0 Å². The normalized spacial score (nSPS) is 10.8. The van der Waals surface area contributed by atoms with Crippen LogP contribution in [-0.2, 0) is 9.53 Å². The highest BCUT2D eigenvalue weighted by atomic mass is 32.1. The van der Waals surface area contributed by atoms with Crippen molar-refractivity contribution < 1.29 is 19.1 Å². The number of aromatic nitrogens is 1. The second-order valence-electron chi connectivity index (χ2n) is 7.60. The molecule has 1 aromatic carbocycles. The number of nitrogens with two attached hydrogens (primary N) is 1. The topological polar surface area (TPSA) is 159 Å². The number of thiazole rings is 1. The van der Waals surface area contributed by atoms with Crippen LogP contribution in [0.4, 0.5) is 10.8 Å². The van der Waals surface area contributed by atoms with Crippen LogP contribution in [0, 0.1) is 12.3 Å². The second-order valence-corrected chi connectivity index (χ2v) is 8.60. The van der Waals surface area contributed by atoms with E-state index < -0.39 is 17.5 Å². The Labute approximate surface area is 184 Å². The monoisotopic (exact) mass is 446 g/mol. The minimum atomic E-state index is -0.576. The van der Waals surface area contributed by atoms with Crippen molar-refractivity contribution in [1.29, 1.82) is 5.41 Å². The molecular weight excluding hydrogens is 420 g/mol. The van der Waals surface area contributed by atoms with E-state index in [1.165, 1.54) is 6.07 Å². The van der Waals surface area contributed by atoms with Gasteiger partial charge in [-0.25, -0.2) is 4.98 Å². The molecule has 0 aliphatic heterocycles. The second kappa shape index (κ2) is 10.0. The quantitative estimate of drug-likeness (QED) is 0.248. The van der Waals surface area contributed by atoms with Gasteiger partial charge in [-0.3, -0.25) is 19.8 Å².